The Kier molecular flexibility index (Phi) is 4.65. The third kappa shape index (κ3) is 3.95. The number of benzene rings is 1. The number of nitrogens with one attached hydrogen (secondary N) is 1. The van der Waals surface area contributed by atoms with Crippen LogP contribution in [0.1, 0.15) is 12.8 Å². The largest absolute Gasteiger partial charge is 0.329 e. The monoisotopic (exact) mass is 352 g/mol. The second-order valence-electron chi connectivity index (χ2n) is 5.17. The summed E-state index contributed by atoms with van der Waals surface area (Å²) in [5, 5.41) is -0.0264. The summed E-state index contributed by atoms with van der Waals surface area (Å²) in [6, 6.07) is 3.26. The fraction of sp³-hybridized carbons (Fsp3) is 0.500. The molecule has 1 aromatic rings. The summed E-state index contributed by atoms with van der Waals surface area (Å²) in [4.78, 5) is -0.339. The molecule has 1 unspecified atom stereocenters. The highest BCUT2D eigenvalue weighted by molar-refractivity contribution is 7.91. The van der Waals surface area contributed by atoms with Gasteiger partial charge in [-0.2, -0.15) is 0 Å². The Hall–Kier alpha value is -0.670. The molecular formula is C12H17ClN2O4S2. The Morgan fingerprint density at radius 1 is 1.33 bits per heavy atom. The molecule has 118 valence electrons. The van der Waals surface area contributed by atoms with Crippen LogP contribution < -0.4 is 10.5 Å². The SMILES string of the molecule is CS(=O)(=O)c1ccc(Cl)c(S(=O)(=O)NC(CN)C2CC2)c1. The summed E-state index contributed by atoms with van der Waals surface area (Å²) in [5.74, 6) is 0.238. The third-order valence-electron chi connectivity index (χ3n) is 3.37. The van der Waals surface area contributed by atoms with Gasteiger partial charge in [0.15, 0.2) is 9.84 Å². The van der Waals surface area contributed by atoms with Gasteiger partial charge < -0.3 is 5.73 Å². The summed E-state index contributed by atoms with van der Waals surface area (Å²) < 4.78 is 50.4. The van der Waals surface area contributed by atoms with Crippen molar-refractivity contribution in [1.82, 2.24) is 4.72 Å². The van der Waals surface area contributed by atoms with Gasteiger partial charge in [0.1, 0.15) is 4.90 Å². The van der Waals surface area contributed by atoms with E-state index >= 15 is 0 Å². The lowest BCUT2D eigenvalue weighted by molar-refractivity contribution is 0.519. The van der Waals surface area contributed by atoms with Crippen LogP contribution in [0.3, 0.4) is 0 Å². The van der Waals surface area contributed by atoms with Gasteiger partial charge in [-0.25, -0.2) is 21.6 Å². The summed E-state index contributed by atoms with van der Waals surface area (Å²) in [7, 11) is -7.43. The Balaban J connectivity index is 2.39. The minimum atomic E-state index is -3.92. The number of hydrogen-bond acceptors (Lipinski definition) is 5. The smallest absolute Gasteiger partial charge is 0.242 e. The zero-order valence-electron chi connectivity index (χ0n) is 11.4. The van der Waals surface area contributed by atoms with E-state index < -0.39 is 19.9 Å². The van der Waals surface area contributed by atoms with Crippen molar-refractivity contribution in [2.24, 2.45) is 11.7 Å². The number of rotatable bonds is 6. The molecule has 1 aliphatic carbocycles. The van der Waals surface area contributed by atoms with E-state index in [2.05, 4.69) is 4.72 Å². The van der Waals surface area contributed by atoms with Crippen molar-refractivity contribution in [1.29, 1.82) is 0 Å². The molecule has 21 heavy (non-hydrogen) atoms. The maximum absolute atomic E-state index is 12.4. The summed E-state index contributed by atoms with van der Waals surface area (Å²) in [6.07, 6.45) is 2.87. The molecule has 0 amide bonds. The Bertz CT molecular complexity index is 743. The maximum Gasteiger partial charge on any atom is 0.242 e. The van der Waals surface area contributed by atoms with Crippen LogP contribution in [0.4, 0.5) is 0 Å². The lowest BCUT2D eigenvalue weighted by Crippen LogP contribution is -2.41. The molecule has 0 saturated heterocycles. The van der Waals surface area contributed by atoms with Gasteiger partial charge in [0.25, 0.3) is 0 Å². The average molecular weight is 353 g/mol. The first kappa shape index (κ1) is 16.7. The fourth-order valence-corrected chi connectivity index (χ4v) is 4.58. The lowest BCUT2D eigenvalue weighted by Gasteiger charge is -2.17. The van der Waals surface area contributed by atoms with Crippen LogP contribution in [0, 0.1) is 5.92 Å². The molecule has 0 aromatic heterocycles. The molecule has 1 saturated carbocycles. The van der Waals surface area contributed by atoms with E-state index in [0.29, 0.717) is 0 Å². The third-order valence-corrected chi connectivity index (χ3v) is 6.45. The van der Waals surface area contributed by atoms with E-state index in [4.69, 9.17) is 17.3 Å². The van der Waals surface area contributed by atoms with Crippen molar-refractivity contribution < 1.29 is 16.8 Å². The number of hydrogen-bond donors (Lipinski definition) is 2. The quantitative estimate of drug-likeness (QED) is 0.786. The standard InChI is InChI=1S/C12H17ClN2O4S2/c1-20(16,17)9-4-5-10(13)12(6-9)21(18,19)15-11(7-14)8-2-3-8/h4-6,8,11,15H,2-3,7,14H2,1H3. The second-order valence-corrected chi connectivity index (χ2v) is 9.27. The van der Waals surface area contributed by atoms with Crippen LogP contribution in [0.5, 0.6) is 0 Å². The summed E-state index contributed by atoms with van der Waals surface area (Å²) in [6.45, 7) is 0.188. The average Bonchev–Trinajstić information content (AvgIpc) is 3.19. The van der Waals surface area contributed by atoms with Gasteiger partial charge in [-0.05, 0) is 37.0 Å². The molecule has 2 rings (SSSR count). The van der Waals surface area contributed by atoms with Crippen molar-refractivity contribution in [3.8, 4) is 0 Å². The lowest BCUT2D eigenvalue weighted by atomic mass is 10.2. The van der Waals surface area contributed by atoms with Crippen LogP contribution in [0.2, 0.25) is 5.02 Å². The Morgan fingerprint density at radius 2 is 1.95 bits per heavy atom. The summed E-state index contributed by atoms with van der Waals surface area (Å²) >= 11 is 5.91. The van der Waals surface area contributed by atoms with E-state index in [9.17, 15) is 16.8 Å². The predicted molar refractivity (Wildman–Crippen MR) is 80.4 cm³/mol. The van der Waals surface area contributed by atoms with Crippen LogP contribution in [0.25, 0.3) is 0 Å². The van der Waals surface area contributed by atoms with Crippen molar-refractivity contribution in [2.75, 3.05) is 12.8 Å². The topological polar surface area (TPSA) is 106 Å². The van der Waals surface area contributed by atoms with Crippen LogP contribution >= 0.6 is 11.6 Å². The van der Waals surface area contributed by atoms with Gasteiger partial charge in [-0.3, -0.25) is 0 Å². The van der Waals surface area contributed by atoms with Crippen LogP contribution in [-0.2, 0) is 19.9 Å². The molecule has 6 nitrogen and oxygen atoms in total. The van der Waals surface area contributed by atoms with Gasteiger partial charge in [-0.1, -0.05) is 11.6 Å². The minimum Gasteiger partial charge on any atom is -0.329 e. The highest BCUT2D eigenvalue weighted by Crippen LogP contribution is 2.33. The Labute approximate surface area is 129 Å². The Morgan fingerprint density at radius 3 is 2.43 bits per heavy atom. The highest BCUT2D eigenvalue weighted by Gasteiger charge is 2.34. The molecule has 0 aliphatic heterocycles. The molecule has 0 spiro atoms. The predicted octanol–water partition coefficient (Wildman–Crippen LogP) is 0.759. The normalized spacial score (nSPS) is 17.7. The zero-order chi connectivity index (χ0) is 15.8. The molecular weight excluding hydrogens is 336 g/mol. The van der Waals surface area contributed by atoms with Crippen molar-refractivity contribution in [3.63, 3.8) is 0 Å². The molecule has 1 aliphatic rings. The highest BCUT2D eigenvalue weighted by atomic mass is 35.5. The number of halogens is 1. The number of sulfonamides is 1. The van der Waals surface area contributed by atoms with E-state index in [1.54, 1.807) is 0 Å². The van der Waals surface area contributed by atoms with Crippen LogP contribution in [-0.4, -0.2) is 35.7 Å². The van der Waals surface area contributed by atoms with E-state index in [-0.39, 0.29) is 33.3 Å². The van der Waals surface area contributed by atoms with Gasteiger partial charge in [-0.15, -0.1) is 0 Å². The van der Waals surface area contributed by atoms with Crippen LogP contribution in [0.15, 0.2) is 28.0 Å². The molecule has 0 bridgehead atoms. The fourth-order valence-electron chi connectivity index (χ4n) is 2.02. The molecule has 9 heteroatoms. The first-order valence-corrected chi connectivity index (χ1v) is 10.1. The van der Waals surface area contributed by atoms with Gasteiger partial charge >= 0.3 is 0 Å². The minimum absolute atomic E-state index is 0.0264. The van der Waals surface area contributed by atoms with Gasteiger partial charge in [0.05, 0.1) is 9.92 Å². The van der Waals surface area contributed by atoms with E-state index in [0.717, 1.165) is 25.2 Å². The molecule has 0 heterocycles. The summed E-state index contributed by atoms with van der Waals surface area (Å²) in [5.41, 5.74) is 5.58. The van der Waals surface area contributed by atoms with Gasteiger partial charge in [0.2, 0.25) is 10.0 Å². The van der Waals surface area contributed by atoms with Crippen molar-refractivity contribution in [3.05, 3.63) is 23.2 Å². The molecule has 0 radical (unpaired) electrons. The maximum atomic E-state index is 12.4. The molecule has 1 atom stereocenters. The van der Waals surface area contributed by atoms with Crippen molar-refractivity contribution in [2.45, 2.75) is 28.7 Å². The van der Waals surface area contributed by atoms with E-state index in [1.807, 2.05) is 0 Å². The first-order chi connectivity index (χ1) is 9.65. The first-order valence-electron chi connectivity index (χ1n) is 6.37. The van der Waals surface area contributed by atoms with Crippen molar-refractivity contribution >= 4 is 31.5 Å². The second kappa shape index (κ2) is 5.85. The zero-order valence-corrected chi connectivity index (χ0v) is 13.8. The number of sulfone groups is 1. The van der Waals surface area contributed by atoms with Gasteiger partial charge in [0, 0.05) is 18.8 Å². The molecule has 1 fully saturated rings. The molecule has 1 aromatic carbocycles. The van der Waals surface area contributed by atoms with E-state index in [1.165, 1.54) is 12.1 Å². The molecule has 3 N–H and O–H groups in total. The number of nitrogens with two attached hydrogens (primary N) is 1.